The fourth-order valence-electron chi connectivity index (χ4n) is 3.46. The third-order valence-electron chi connectivity index (χ3n) is 4.65. The molecule has 8 heteroatoms. The van der Waals surface area contributed by atoms with Gasteiger partial charge in [0.2, 0.25) is 0 Å². The van der Waals surface area contributed by atoms with Crippen LogP contribution in [0.25, 0.3) is 0 Å². The van der Waals surface area contributed by atoms with Gasteiger partial charge in [0.1, 0.15) is 23.3 Å². The van der Waals surface area contributed by atoms with Crippen LogP contribution < -0.4 is 10.6 Å². The highest BCUT2D eigenvalue weighted by Crippen LogP contribution is 2.29. The van der Waals surface area contributed by atoms with Crippen LogP contribution >= 0.6 is 0 Å². The van der Waals surface area contributed by atoms with Gasteiger partial charge in [-0.15, -0.1) is 0 Å². The van der Waals surface area contributed by atoms with E-state index in [0.29, 0.717) is 24.2 Å². The van der Waals surface area contributed by atoms with E-state index in [9.17, 15) is 20.1 Å². The van der Waals surface area contributed by atoms with E-state index in [1.165, 1.54) is 0 Å². The highest BCUT2D eigenvalue weighted by atomic mass is 16.6. The van der Waals surface area contributed by atoms with Crippen molar-refractivity contribution in [2.75, 3.05) is 0 Å². The van der Waals surface area contributed by atoms with Crippen LogP contribution in [0.3, 0.4) is 0 Å². The van der Waals surface area contributed by atoms with Crippen LogP contribution in [0.2, 0.25) is 0 Å². The number of carbonyl (C=O) groups excluding carboxylic acids is 2. The second-order valence-corrected chi connectivity index (χ2v) is 9.51. The summed E-state index contributed by atoms with van der Waals surface area (Å²) in [5, 5.41) is 25.4. The molecule has 0 saturated carbocycles. The van der Waals surface area contributed by atoms with Gasteiger partial charge in [-0.2, -0.15) is 10.5 Å². The van der Waals surface area contributed by atoms with Gasteiger partial charge in [-0.3, -0.25) is 0 Å². The highest BCUT2D eigenvalue weighted by Gasteiger charge is 2.35. The van der Waals surface area contributed by atoms with Crippen molar-refractivity contribution in [1.29, 1.82) is 10.5 Å². The Hall–Kier alpha value is -3.00. The number of nitriles is 2. The molecule has 2 N–H and O–H groups in total. The van der Waals surface area contributed by atoms with Crippen molar-refractivity contribution in [3.63, 3.8) is 0 Å². The average Bonchev–Trinajstić information content (AvgIpc) is 3.22. The first kappa shape index (κ1) is 23.3. The summed E-state index contributed by atoms with van der Waals surface area (Å²) in [6.07, 6.45) is 2.56. The minimum absolute atomic E-state index is 0.00680. The van der Waals surface area contributed by atoms with Gasteiger partial charge >= 0.3 is 11.9 Å². The molecule has 0 spiro atoms. The Kier molecular flexibility index (Phi) is 6.82. The third kappa shape index (κ3) is 6.00. The number of nitrogens with one attached hydrogen (secondary N) is 2. The Morgan fingerprint density at radius 2 is 1.13 bits per heavy atom. The topological polar surface area (TPSA) is 124 Å². The van der Waals surface area contributed by atoms with Gasteiger partial charge in [0.05, 0.1) is 0 Å². The van der Waals surface area contributed by atoms with Crippen molar-refractivity contribution in [3.8, 4) is 12.1 Å². The van der Waals surface area contributed by atoms with Crippen LogP contribution in [-0.4, -0.2) is 35.2 Å². The van der Waals surface area contributed by atoms with E-state index in [0.717, 1.165) is 12.8 Å². The van der Waals surface area contributed by atoms with Crippen molar-refractivity contribution in [1.82, 2.24) is 10.6 Å². The molecule has 2 fully saturated rings. The van der Waals surface area contributed by atoms with Crippen LogP contribution in [0, 0.1) is 22.7 Å². The molecule has 0 aliphatic carbocycles. The van der Waals surface area contributed by atoms with Crippen LogP contribution in [0.1, 0.15) is 67.2 Å². The molecule has 0 unspecified atom stereocenters. The largest absolute Gasteiger partial charge is 0.456 e. The Balaban J connectivity index is 2.11. The lowest BCUT2D eigenvalue weighted by atomic mass is 10.0. The molecule has 2 rings (SSSR count). The summed E-state index contributed by atoms with van der Waals surface area (Å²) >= 11 is 0. The van der Waals surface area contributed by atoms with Crippen molar-refractivity contribution >= 4 is 11.9 Å². The molecule has 2 aliphatic heterocycles. The number of hydrogen-bond donors (Lipinski definition) is 2. The fraction of sp³-hybridized carbons (Fsp3) is 0.636. The number of rotatable bonds is 3. The summed E-state index contributed by atoms with van der Waals surface area (Å²) in [5.74, 6) is -1.27. The minimum Gasteiger partial charge on any atom is -0.456 e. The summed E-state index contributed by atoms with van der Waals surface area (Å²) in [7, 11) is 0. The second-order valence-electron chi connectivity index (χ2n) is 9.51. The zero-order valence-electron chi connectivity index (χ0n) is 18.5. The van der Waals surface area contributed by atoms with Crippen LogP contribution in [0.4, 0.5) is 0 Å². The molecule has 0 aromatic carbocycles. The van der Waals surface area contributed by atoms with E-state index in [-0.39, 0.29) is 23.2 Å². The molecule has 2 heterocycles. The maximum atomic E-state index is 12.3. The molecule has 0 aromatic heterocycles. The van der Waals surface area contributed by atoms with Crippen molar-refractivity contribution in [3.05, 3.63) is 22.5 Å². The van der Waals surface area contributed by atoms with E-state index >= 15 is 0 Å². The Labute approximate surface area is 177 Å². The number of hydrogen-bond acceptors (Lipinski definition) is 8. The third-order valence-corrected chi connectivity index (χ3v) is 4.65. The number of esters is 2. The molecular formula is C22H30N4O4. The molecule has 0 aromatic rings. The first-order valence-corrected chi connectivity index (χ1v) is 10.1. The van der Waals surface area contributed by atoms with Gasteiger partial charge in [-0.1, -0.05) is 0 Å². The zero-order chi connectivity index (χ0) is 22.7. The monoisotopic (exact) mass is 414 g/mol. The first-order valence-electron chi connectivity index (χ1n) is 10.1. The Bertz CT molecular complexity index is 788. The van der Waals surface area contributed by atoms with Gasteiger partial charge in [-0.25, -0.2) is 9.59 Å². The summed E-state index contributed by atoms with van der Waals surface area (Å²) in [4.78, 5) is 24.6. The van der Waals surface area contributed by atoms with E-state index in [1.54, 1.807) is 41.5 Å². The summed E-state index contributed by atoms with van der Waals surface area (Å²) < 4.78 is 10.6. The Morgan fingerprint density at radius 1 is 0.800 bits per heavy atom. The maximum Gasteiger partial charge on any atom is 0.351 e. The molecule has 162 valence electrons. The predicted molar refractivity (Wildman–Crippen MR) is 109 cm³/mol. The van der Waals surface area contributed by atoms with Crippen LogP contribution in [-0.2, 0) is 19.1 Å². The zero-order valence-corrected chi connectivity index (χ0v) is 18.5. The molecule has 30 heavy (non-hydrogen) atoms. The normalized spacial score (nSPS) is 24.7. The fourth-order valence-corrected chi connectivity index (χ4v) is 3.46. The maximum absolute atomic E-state index is 12.3. The van der Waals surface area contributed by atoms with Gasteiger partial charge in [0.25, 0.3) is 0 Å². The Morgan fingerprint density at radius 3 is 1.40 bits per heavy atom. The van der Waals surface area contributed by atoms with Crippen LogP contribution in [0.15, 0.2) is 22.5 Å². The SMILES string of the molecule is CC(C)(C)OC(=O)/C(C#N)=C1\CC[C@H]([C@H]2CC/C(=C(/C#N)C(=O)OC(C)(C)C)N2)N1. The number of nitrogens with zero attached hydrogens (tertiary/aromatic N) is 2. The molecular weight excluding hydrogens is 384 g/mol. The summed E-state index contributed by atoms with van der Waals surface area (Å²) in [6.45, 7) is 10.5. The lowest BCUT2D eigenvalue weighted by Gasteiger charge is -2.22. The lowest BCUT2D eigenvalue weighted by molar-refractivity contribution is -0.150. The molecule has 2 aliphatic rings. The highest BCUT2D eigenvalue weighted by molar-refractivity contribution is 5.94. The van der Waals surface area contributed by atoms with E-state index < -0.39 is 23.1 Å². The van der Waals surface area contributed by atoms with Gasteiger partial charge < -0.3 is 20.1 Å². The van der Waals surface area contributed by atoms with Gasteiger partial charge in [0, 0.05) is 23.5 Å². The number of carbonyl (C=O) groups is 2. The summed E-state index contributed by atoms with van der Waals surface area (Å²) in [6, 6.07) is 3.87. The van der Waals surface area contributed by atoms with Gasteiger partial charge in [-0.05, 0) is 67.2 Å². The number of allylic oxidation sites excluding steroid dienone is 2. The predicted octanol–water partition coefficient (Wildman–Crippen LogP) is 2.73. The van der Waals surface area contributed by atoms with Crippen molar-refractivity contribution in [2.45, 2.75) is 90.5 Å². The molecule has 0 radical (unpaired) electrons. The molecule has 8 nitrogen and oxygen atoms in total. The van der Waals surface area contributed by atoms with Crippen molar-refractivity contribution in [2.24, 2.45) is 0 Å². The molecule has 0 bridgehead atoms. The quantitative estimate of drug-likeness (QED) is 0.410. The first-order chi connectivity index (χ1) is 13.8. The standard InChI is InChI=1S/C22H30N4O4/c1-21(2,3)29-19(27)13(11-23)15-7-9-17(25-15)18-10-8-16(26-18)14(12-24)20(28)30-22(4,5)6/h17-18,25-26H,7-10H2,1-6H3/b15-13+,16-14+/t17-,18-/m1/s1. The van der Waals surface area contributed by atoms with E-state index in [1.807, 2.05) is 12.1 Å². The summed E-state index contributed by atoms with van der Waals surface area (Å²) in [5.41, 5.74) is -0.229. The van der Waals surface area contributed by atoms with Crippen LogP contribution in [0.5, 0.6) is 0 Å². The minimum atomic E-state index is -0.681. The van der Waals surface area contributed by atoms with Gasteiger partial charge in [0.15, 0.2) is 11.1 Å². The van der Waals surface area contributed by atoms with Crippen molar-refractivity contribution < 1.29 is 19.1 Å². The van der Waals surface area contributed by atoms with E-state index in [2.05, 4.69) is 10.6 Å². The second kappa shape index (κ2) is 8.79. The molecule has 2 saturated heterocycles. The van der Waals surface area contributed by atoms with E-state index in [4.69, 9.17) is 9.47 Å². The smallest absolute Gasteiger partial charge is 0.351 e. The lowest BCUT2D eigenvalue weighted by Crippen LogP contribution is -2.41. The number of ether oxygens (including phenoxy) is 2. The molecule has 0 amide bonds. The molecule has 2 atom stereocenters. The average molecular weight is 415 g/mol.